The van der Waals surface area contributed by atoms with Crippen LogP contribution in [0.2, 0.25) is 0 Å². The Morgan fingerprint density at radius 1 is 1.31 bits per heavy atom. The lowest BCUT2D eigenvalue weighted by Gasteiger charge is -2.03. The molecule has 0 spiro atoms. The highest BCUT2D eigenvalue weighted by Crippen LogP contribution is 2.21. The van der Waals surface area contributed by atoms with Crippen molar-refractivity contribution in [2.45, 2.75) is 12.2 Å². The van der Waals surface area contributed by atoms with Crippen LogP contribution < -0.4 is 5.73 Å². The lowest BCUT2D eigenvalue weighted by molar-refractivity contribution is 0.470. The van der Waals surface area contributed by atoms with Crippen LogP contribution in [0.25, 0.3) is 0 Å². The number of benzene rings is 1. The second kappa shape index (κ2) is 5.89. The third kappa shape index (κ3) is 3.70. The number of thioether (sulfide) groups is 1. The fourth-order valence-electron chi connectivity index (χ4n) is 1.00. The Hall–Kier alpha value is -0.670. The number of phenolic OH excluding ortho intramolecular Hbond substituents is 1. The van der Waals surface area contributed by atoms with Crippen molar-refractivity contribution >= 4 is 11.8 Å². The number of nitrogens with two attached hydrogens (primary N) is 1. The van der Waals surface area contributed by atoms with E-state index in [0.717, 1.165) is 30.0 Å². The maximum absolute atomic E-state index is 9.43. The van der Waals surface area contributed by atoms with E-state index in [1.165, 1.54) is 0 Å². The van der Waals surface area contributed by atoms with Crippen LogP contribution in [-0.4, -0.2) is 17.4 Å². The summed E-state index contributed by atoms with van der Waals surface area (Å²) in [6.45, 7) is 0.744. The van der Waals surface area contributed by atoms with Crippen molar-refractivity contribution in [3.63, 3.8) is 0 Å². The fourth-order valence-corrected chi connectivity index (χ4v) is 1.98. The summed E-state index contributed by atoms with van der Waals surface area (Å²) in [5.41, 5.74) is 6.38. The van der Waals surface area contributed by atoms with Crippen LogP contribution in [0.1, 0.15) is 12.0 Å². The van der Waals surface area contributed by atoms with Crippen molar-refractivity contribution in [2.75, 3.05) is 12.3 Å². The predicted molar refractivity (Wildman–Crippen MR) is 57.9 cm³/mol. The van der Waals surface area contributed by atoms with Gasteiger partial charge in [-0.15, -0.1) is 0 Å². The molecule has 2 nitrogen and oxygen atoms in total. The average Bonchev–Trinajstić information content (AvgIpc) is 2.15. The van der Waals surface area contributed by atoms with Gasteiger partial charge in [0.1, 0.15) is 5.75 Å². The minimum absolute atomic E-state index is 0.391. The van der Waals surface area contributed by atoms with Gasteiger partial charge in [-0.3, -0.25) is 0 Å². The smallest absolute Gasteiger partial charge is 0.119 e. The Morgan fingerprint density at radius 2 is 2.08 bits per heavy atom. The van der Waals surface area contributed by atoms with Crippen LogP contribution >= 0.6 is 11.8 Å². The molecule has 13 heavy (non-hydrogen) atoms. The molecule has 1 aromatic carbocycles. The first-order valence-corrected chi connectivity index (χ1v) is 5.54. The molecule has 0 fully saturated rings. The number of hydrogen-bond donors (Lipinski definition) is 2. The maximum atomic E-state index is 9.43. The van der Waals surface area contributed by atoms with Crippen LogP contribution in [0.4, 0.5) is 0 Å². The molecule has 0 unspecified atom stereocenters. The molecule has 0 aliphatic heterocycles. The maximum Gasteiger partial charge on any atom is 0.119 e. The number of aromatic hydroxyl groups is 1. The summed E-state index contributed by atoms with van der Waals surface area (Å²) in [6.07, 6.45) is 1.04. The van der Waals surface area contributed by atoms with Gasteiger partial charge in [0.15, 0.2) is 0 Å². The van der Waals surface area contributed by atoms with Gasteiger partial charge in [0.2, 0.25) is 0 Å². The predicted octanol–water partition coefficient (Wildman–Crippen LogP) is 1.97. The number of rotatable bonds is 5. The Kier molecular flexibility index (Phi) is 4.72. The van der Waals surface area contributed by atoms with Gasteiger partial charge < -0.3 is 10.8 Å². The minimum Gasteiger partial charge on any atom is -0.508 e. The van der Waals surface area contributed by atoms with E-state index in [4.69, 9.17) is 5.73 Å². The van der Waals surface area contributed by atoms with E-state index in [0.29, 0.717) is 5.75 Å². The summed E-state index contributed by atoms with van der Waals surface area (Å²) in [5.74, 6) is 2.32. The zero-order valence-corrected chi connectivity index (χ0v) is 8.39. The molecule has 0 bridgehead atoms. The SMILES string of the molecule is NCCCSCc1ccccc1O. The molecule has 1 rings (SSSR count). The molecule has 72 valence electrons. The van der Waals surface area contributed by atoms with E-state index < -0.39 is 0 Å². The Labute approximate surface area is 83.1 Å². The third-order valence-electron chi connectivity index (χ3n) is 1.74. The van der Waals surface area contributed by atoms with Crippen molar-refractivity contribution in [2.24, 2.45) is 5.73 Å². The van der Waals surface area contributed by atoms with E-state index in [2.05, 4.69) is 0 Å². The first-order valence-electron chi connectivity index (χ1n) is 4.39. The van der Waals surface area contributed by atoms with Gasteiger partial charge in [-0.05, 0) is 24.8 Å². The summed E-state index contributed by atoms with van der Waals surface area (Å²) < 4.78 is 0. The molecule has 0 aliphatic rings. The van der Waals surface area contributed by atoms with Crippen molar-refractivity contribution in [1.29, 1.82) is 0 Å². The summed E-state index contributed by atoms with van der Waals surface area (Å²) in [6, 6.07) is 7.45. The van der Waals surface area contributed by atoms with Gasteiger partial charge in [-0.25, -0.2) is 0 Å². The van der Waals surface area contributed by atoms with E-state index in [1.54, 1.807) is 17.8 Å². The number of phenols is 1. The van der Waals surface area contributed by atoms with E-state index in [-0.39, 0.29) is 0 Å². The molecule has 3 N–H and O–H groups in total. The lowest BCUT2D eigenvalue weighted by Crippen LogP contribution is -1.99. The number of hydrogen-bond acceptors (Lipinski definition) is 3. The molecular formula is C10H15NOS. The summed E-state index contributed by atoms with van der Waals surface area (Å²) >= 11 is 1.81. The molecule has 0 amide bonds. The molecule has 0 aromatic heterocycles. The van der Waals surface area contributed by atoms with Crippen molar-refractivity contribution in [1.82, 2.24) is 0 Å². The largest absolute Gasteiger partial charge is 0.508 e. The van der Waals surface area contributed by atoms with Gasteiger partial charge in [0, 0.05) is 11.3 Å². The van der Waals surface area contributed by atoms with Gasteiger partial charge in [-0.2, -0.15) is 11.8 Å². The fraction of sp³-hybridized carbons (Fsp3) is 0.400. The molecule has 0 saturated carbocycles. The van der Waals surface area contributed by atoms with Crippen LogP contribution in [0.15, 0.2) is 24.3 Å². The molecule has 0 heterocycles. The van der Waals surface area contributed by atoms with Crippen LogP contribution in [0.5, 0.6) is 5.75 Å². The van der Waals surface area contributed by atoms with Crippen molar-refractivity contribution in [3.8, 4) is 5.75 Å². The first kappa shape index (κ1) is 10.4. The van der Waals surface area contributed by atoms with E-state index >= 15 is 0 Å². The lowest BCUT2D eigenvalue weighted by atomic mass is 10.2. The summed E-state index contributed by atoms with van der Waals surface area (Å²) in [7, 11) is 0. The molecule has 0 aliphatic carbocycles. The molecule has 0 atom stereocenters. The van der Waals surface area contributed by atoms with Gasteiger partial charge >= 0.3 is 0 Å². The second-order valence-electron chi connectivity index (χ2n) is 2.82. The second-order valence-corrected chi connectivity index (χ2v) is 3.93. The van der Waals surface area contributed by atoms with Crippen LogP contribution in [0, 0.1) is 0 Å². The minimum atomic E-state index is 0.391. The zero-order chi connectivity index (χ0) is 9.52. The van der Waals surface area contributed by atoms with Crippen molar-refractivity contribution < 1.29 is 5.11 Å². The monoisotopic (exact) mass is 197 g/mol. The first-order chi connectivity index (χ1) is 6.34. The standard InChI is InChI=1S/C10H15NOS/c11-6-3-7-13-8-9-4-1-2-5-10(9)12/h1-2,4-5,12H,3,6-8,11H2. The topological polar surface area (TPSA) is 46.2 Å². The zero-order valence-electron chi connectivity index (χ0n) is 7.57. The Bertz CT molecular complexity index is 252. The molecule has 1 aromatic rings. The number of para-hydroxylation sites is 1. The van der Waals surface area contributed by atoms with Crippen LogP contribution in [-0.2, 0) is 5.75 Å². The average molecular weight is 197 g/mol. The molecule has 0 saturated heterocycles. The third-order valence-corrected chi connectivity index (χ3v) is 2.83. The van der Waals surface area contributed by atoms with E-state index in [1.807, 2.05) is 18.2 Å². The van der Waals surface area contributed by atoms with Gasteiger partial charge in [-0.1, -0.05) is 18.2 Å². The van der Waals surface area contributed by atoms with Crippen LogP contribution in [0.3, 0.4) is 0 Å². The highest BCUT2D eigenvalue weighted by Gasteiger charge is 1.98. The summed E-state index contributed by atoms with van der Waals surface area (Å²) in [4.78, 5) is 0. The molecule has 3 heteroatoms. The Balaban J connectivity index is 2.32. The highest BCUT2D eigenvalue weighted by atomic mass is 32.2. The van der Waals surface area contributed by atoms with Gasteiger partial charge in [0.05, 0.1) is 0 Å². The summed E-state index contributed by atoms with van der Waals surface area (Å²) in [5, 5.41) is 9.43. The quantitative estimate of drug-likeness (QED) is 0.709. The van der Waals surface area contributed by atoms with E-state index in [9.17, 15) is 5.11 Å². The molecule has 0 radical (unpaired) electrons. The van der Waals surface area contributed by atoms with Gasteiger partial charge in [0.25, 0.3) is 0 Å². The normalized spacial score (nSPS) is 10.2. The Morgan fingerprint density at radius 3 is 2.77 bits per heavy atom. The molecular weight excluding hydrogens is 182 g/mol. The van der Waals surface area contributed by atoms with Crippen molar-refractivity contribution in [3.05, 3.63) is 29.8 Å². The highest BCUT2D eigenvalue weighted by molar-refractivity contribution is 7.98.